The van der Waals surface area contributed by atoms with Gasteiger partial charge in [0.15, 0.2) is 0 Å². The quantitative estimate of drug-likeness (QED) is 0.667. The Labute approximate surface area is 95.6 Å². The largest absolute Gasteiger partial charge is 0.480 e. The Bertz CT molecular complexity index is 250. The van der Waals surface area contributed by atoms with E-state index in [0.717, 1.165) is 32.1 Å². The van der Waals surface area contributed by atoms with Crippen molar-refractivity contribution in [1.82, 2.24) is 10.6 Å². The lowest BCUT2D eigenvalue weighted by atomic mass is 10.2. The van der Waals surface area contributed by atoms with Gasteiger partial charge in [-0.25, -0.2) is 9.59 Å². The Morgan fingerprint density at radius 2 is 2.00 bits per heavy atom. The molecule has 3 N–H and O–H groups in total. The Morgan fingerprint density at radius 1 is 1.38 bits per heavy atom. The van der Waals surface area contributed by atoms with Crippen LogP contribution in [-0.4, -0.2) is 29.2 Å². The molecule has 1 atom stereocenters. The second kappa shape index (κ2) is 6.35. The number of carboxylic acids is 1. The van der Waals surface area contributed by atoms with Gasteiger partial charge in [0, 0.05) is 6.04 Å². The second-order valence-corrected chi connectivity index (χ2v) is 4.28. The zero-order chi connectivity index (χ0) is 12.0. The number of carbonyl (C=O) groups is 2. The van der Waals surface area contributed by atoms with Crippen LogP contribution in [0.4, 0.5) is 4.79 Å². The van der Waals surface area contributed by atoms with Crippen LogP contribution < -0.4 is 10.6 Å². The number of carboxylic acid groups (broad SMARTS) is 1. The SMILES string of the molecule is CCC[C@@H](NC(=O)NC1CCCC1)C(=O)O. The molecule has 1 aliphatic carbocycles. The maximum atomic E-state index is 11.5. The van der Waals surface area contributed by atoms with E-state index in [4.69, 9.17) is 5.11 Å². The first kappa shape index (κ1) is 12.8. The van der Waals surface area contributed by atoms with Crippen molar-refractivity contribution in [3.05, 3.63) is 0 Å². The highest BCUT2D eigenvalue weighted by Crippen LogP contribution is 2.17. The molecule has 2 amide bonds. The van der Waals surface area contributed by atoms with Crippen LogP contribution in [0.5, 0.6) is 0 Å². The highest BCUT2D eigenvalue weighted by molar-refractivity contribution is 5.82. The summed E-state index contributed by atoms with van der Waals surface area (Å²) in [5, 5.41) is 14.2. The van der Waals surface area contributed by atoms with Crippen LogP contribution in [0.25, 0.3) is 0 Å². The maximum absolute atomic E-state index is 11.5. The minimum Gasteiger partial charge on any atom is -0.480 e. The van der Waals surface area contributed by atoms with Gasteiger partial charge in [-0.15, -0.1) is 0 Å². The average Bonchev–Trinajstić information content (AvgIpc) is 2.69. The van der Waals surface area contributed by atoms with Crippen molar-refractivity contribution < 1.29 is 14.7 Å². The molecule has 1 fully saturated rings. The second-order valence-electron chi connectivity index (χ2n) is 4.28. The lowest BCUT2D eigenvalue weighted by Gasteiger charge is -2.17. The monoisotopic (exact) mass is 228 g/mol. The topological polar surface area (TPSA) is 78.4 Å². The van der Waals surface area contributed by atoms with Crippen molar-refractivity contribution in [1.29, 1.82) is 0 Å². The minimum absolute atomic E-state index is 0.219. The van der Waals surface area contributed by atoms with E-state index in [1.165, 1.54) is 0 Å². The molecule has 1 saturated carbocycles. The number of carbonyl (C=O) groups excluding carboxylic acids is 1. The van der Waals surface area contributed by atoms with Gasteiger partial charge in [0.25, 0.3) is 0 Å². The highest BCUT2D eigenvalue weighted by Gasteiger charge is 2.21. The number of hydrogen-bond acceptors (Lipinski definition) is 2. The van der Waals surface area contributed by atoms with Gasteiger partial charge in [0.2, 0.25) is 0 Å². The van der Waals surface area contributed by atoms with Crippen molar-refractivity contribution in [2.75, 3.05) is 0 Å². The first-order valence-electron chi connectivity index (χ1n) is 5.93. The van der Waals surface area contributed by atoms with E-state index in [1.54, 1.807) is 0 Å². The van der Waals surface area contributed by atoms with Gasteiger partial charge >= 0.3 is 12.0 Å². The molecule has 0 aromatic rings. The van der Waals surface area contributed by atoms with Crippen molar-refractivity contribution in [3.8, 4) is 0 Å². The third kappa shape index (κ3) is 4.08. The lowest BCUT2D eigenvalue weighted by molar-refractivity contribution is -0.139. The van der Waals surface area contributed by atoms with Crippen molar-refractivity contribution in [3.63, 3.8) is 0 Å². The van der Waals surface area contributed by atoms with Gasteiger partial charge in [0.1, 0.15) is 6.04 Å². The van der Waals surface area contributed by atoms with Crippen LogP contribution in [0.2, 0.25) is 0 Å². The summed E-state index contributed by atoms with van der Waals surface area (Å²) in [6.45, 7) is 1.90. The number of nitrogens with one attached hydrogen (secondary N) is 2. The summed E-state index contributed by atoms with van der Waals surface area (Å²) in [5.74, 6) is -0.969. The molecule has 5 heteroatoms. The van der Waals surface area contributed by atoms with E-state index >= 15 is 0 Å². The summed E-state index contributed by atoms with van der Waals surface area (Å²) < 4.78 is 0. The molecule has 0 spiro atoms. The summed E-state index contributed by atoms with van der Waals surface area (Å²) in [6.07, 6.45) is 5.48. The van der Waals surface area contributed by atoms with Crippen molar-refractivity contribution in [2.45, 2.75) is 57.5 Å². The molecule has 0 bridgehead atoms. The molecule has 0 unspecified atom stereocenters. The van der Waals surface area contributed by atoms with Gasteiger partial charge < -0.3 is 15.7 Å². The summed E-state index contributed by atoms with van der Waals surface area (Å²) >= 11 is 0. The van der Waals surface area contributed by atoms with Gasteiger partial charge in [-0.3, -0.25) is 0 Å². The van der Waals surface area contributed by atoms with E-state index < -0.39 is 12.0 Å². The van der Waals surface area contributed by atoms with Crippen LogP contribution in [0.15, 0.2) is 0 Å². The van der Waals surface area contributed by atoms with E-state index in [1.807, 2.05) is 6.92 Å². The van der Waals surface area contributed by atoms with E-state index in [0.29, 0.717) is 6.42 Å². The fourth-order valence-electron chi connectivity index (χ4n) is 2.00. The zero-order valence-corrected chi connectivity index (χ0v) is 9.66. The molecule has 0 heterocycles. The van der Waals surface area contributed by atoms with Crippen LogP contribution in [0, 0.1) is 0 Å². The molecule has 0 saturated heterocycles. The fraction of sp³-hybridized carbons (Fsp3) is 0.818. The molecule has 5 nitrogen and oxygen atoms in total. The number of rotatable bonds is 5. The summed E-state index contributed by atoms with van der Waals surface area (Å²) in [7, 11) is 0. The minimum atomic E-state index is -0.969. The summed E-state index contributed by atoms with van der Waals surface area (Å²) in [4.78, 5) is 22.3. The van der Waals surface area contributed by atoms with Gasteiger partial charge in [0.05, 0.1) is 0 Å². The Hall–Kier alpha value is -1.26. The Balaban J connectivity index is 2.32. The van der Waals surface area contributed by atoms with Gasteiger partial charge in [-0.2, -0.15) is 0 Å². The molecule has 92 valence electrons. The molecule has 1 rings (SSSR count). The van der Waals surface area contributed by atoms with Gasteiger partial charge in [-0.1, -0.05) is 26.2 Å². The van der Waals surface area contributed by atoms with Crippen LogP contribution >= 0.6 is 0 Å². The summed E-state index contributed by atoms with van der Waals surface area (Å²) in [6, 6.07) is -0.907. The van der Waals surface area contributed by atoms with Crippen molar-refractivity contribution >= 4 is 12.0 Å². The predicted molar refractivity (Wildman–Crippen MR) is 60.3 cm³/mol. The predicted octanol–water partition coefficient (Wildman–Crippen LogP) is 1.48. The molecule has 0 aliphatic heterocycles. The molecule has 16 heavy (non-hydrogen) atoms. The third-order valence-electron chi connectivity index (χ3n) is 2.87. The average molecular weight is 228 g/mol. The number of aliphatic carboxylic acids is 1. The molecular weight excluding hydrogens is 208 g/mol. The molecular formula is C11H20N2O3. The number of urea groups is 1. The highest BCUT2D eigenvalue weighted by atomic mass is 16.4. The van der Waals surface area contributed by atoms with E-state index in [2.05, 4.69) is 10.6 Å². The number of amides is 2. The lowest BCUT2D eigenvalue weighted by Crippen LogP contribution is -2.48. The Kier molecular flexibility index (Phi) is 5.08. The zero-order valence-electron chi connectivity index (χ0n) is 9.66. The first-order chi connectivity index (χ1) is 7.63. The van der Waals surface area contributed by atoms with Crippen LogP contribution in [0.3, 0.4) is 0 Å². The van der Waals surface area contributed by atoms with Crippen LogP contribution in [0.1, 0.15) is 45.4 Å². The maximum Gasteiger partial charge on any atom is 0.326 e. The van der Waals surface area contributed by atoms with Crippen molar-refractivity contribution in [2.24, 2.45) is 0 Å². The Morgan fingerprint density at radius 3 is 2.50 bits per heavy atom. The first-order valence-corrected chi connectivity index (χ1v) is 5.93. The molecule has 0 aromatic heterocycles. The molecule has 1 aliphatic rings. The van der Waals surface area contributed by atoms with Crippen LogP contribution in [-0.2, 0) is 4.79 Å². The normalized spacial score (nSPS) is 18.1. The third-order valence-corrected chi connectivity index (χ3v) is 2.87. The van der Waals surface area contributed by atoms with E-state index in [9.17, 15) is 9.59 Å². The van der Waals surface area contributed by atoms with E-state index in [-0.39, 0.29) is 12.1 Å². The smallest absolute Gasteiger partial charge is 0.326 e. The van der Waals surface area contributed by atoms with Gasteiger partial charge in [-0.05, 0) is 19.3 Å². The standard InChI is InChI=1S/C11H20N2O3/c1-2-5-9(10(14)15)13-11(16)12-8-6-3-4-7-8/h8-9H,2-7H2,1H3,(H,14,15)(H2,12,13,16)/t9-/m1/s1. The molecule has 0 radical (unpaired) electrons. The fourth-order valence-corrected chi connectivity index (χ4v) is 2.00. The summed E-state index contributed by atoms with van der Waals surface area (Å²) in [5.41, 5.74) is 0. The molecule has 0 aromatic carbocycles. The number of hydrogen-bond donors (Lipinski definition) is 3.